The first-order valence-corrected chi connectivity index (χ1v) is 8.36. The number of amides is 1. The molecule has 144 valence electrons. The van der Waals surface area contributed by atoms with Crippen molar-refractivity contribution in [3.63, 3.8) is 0 Å². The number of aryl methyl sites for hydroxylation is 1. The van der Waals surface area contributed by atoms with Gasteiger partial charge in [-0.05, 0) is 30.2 Å². The number of aromatic amines is 1. The molecule has 3 rings (SSSR count). The molecular weight excluding hydrogens is 371 g/mol. The van der Waals surface area contributed by atoms with E-state index in [1.54, 1.807) is 12.1 Å². The van der Waals surface area contributed by atoms with E-state index in [1.807, 2.05) is 19.1 Å². The Morgan fingerprint density at radius 2 is 1.79 bits per heavy atom. The molecule has 2 N–H and O–H groups in total. The molecule has 0 atom stereocenters. The predicted molar refractivity (Wildman–Crippen MR) is 97.6 cm³/mol. The number of H-pyrrole nitrogens is 1. The molecule has 3 aromatic rings. The van der Waals surface area contributed by atoms with Crippen LogP contribution in [0, 0.1) is 6.92 Å². The van der Waals surface area contributed by atoms with Crippen molar-refractivity contribution in [2.75, 3.05) is 0 Å². The van der Waals surface area contributed by atoms with Gasteiger partial charge < -0.3 is 10.3 Å². The van der Waals surface area contributed by atoms with Crippen molar-refractivity contribution in [3.05, 3.63) is 87.3 Å². The molecule has 1 aromatic heterocycles. The largest absolute Gasteiger partial charge is 0.416 e. The second kappa shape index (κ2) is 7.67. The minimum atomic E-state index is -4.41. The Morgan fingerprint density at radius 1 is 1.11 bits per heavy atom. The Morgan fingerprint density at radius 3 is 2.43 bits per heavy atom. The van der Waals surface area contributed by atoms with Crippen LogP contribution in [-0.4, -0.2) is 15.9 Å². The second-order valence-electron chi connectivity index (χ2n) is 6.17. The highest BCUT2D eigenvalue weighted by atomic mass is 19.4. The topological polar surface area (TPSA) is 74.8 Å². The van der Waals surface area contributed by atoms with Crippen LogP contribution in [-0.2, 0) is 12.7 Å². The number of halogens is 3. The number of hydrogen-bond acceptors (Lipinski definition) is 3. The molecule has 0 aliphatic carbocycles. The van der Waals surface area contributed by atoms with Gasteiger partial charge >= 0.3 is 6.18 Å². The molecule has 0 spiro atoms. The van der Waals surface area contributed by atoms with Gasteiger partial charge in [-0.1, -0.05) is 36.4 Å². The van der Waals surface area contributed by atoms with Gasteiger partial charge in [0, 0.05) is 18.2 Å². The number of aromatic nitrogens is 2. The zero-order valence-corrected chi connectivity index (χ0v) is 14.8. The first-order valence-electron chi connectivity index (χ1n) is 8.36. The van der Waals surface area contributed by atoms with Gasteiger partial charge in [-0.3, -0.25) is 9.59 Å². The summed E-state index contributed by atoms with van der Waals surface area (Å²) >= 11 is 0. The van der Waals surface area contributed by atoms with Gasteiger partial charge in [0.25, 0.3) is 11.5 Å². The van der Waals surface area contributed by atoms with Crippen LogP contribution in [0.4, 0.5) is 13.2 Å². The third-order valence-corrected chi connectivity index (χ3v) is 4.11. The molecule has 0 saturated carbocycles. The Hall–Kier alpha value is -3.42. The van der Waals surface area contributed by atoms with Crippen molar-refractivity contribution in [1.29, 1.82) is 0 Å². The van der Waals surface area contributed by atoms with E-state index in [4.69, 9.17) is 0 Å². The molecule has 0 fully saturated rings. The lowest BCUT2D eigenvalue weighted by Crippen LogP contribution is -2.26. The summed E-state index contributed by atoms with van der Waals surface area (Å²) in [7, 11) is 0. The van der Waals surface area contributed by atoms with Crippen LogP contribution >= 0.6 is 0 Å². The predicted octanol–water partition coefficient (Wildman–Crippen LogP) is 3.69. The summed E-state index contributed by atoms with van der Waals surface area (Å²) in [5.41, 5.74) is 0.749. The fraction of sp³-hybridized carbons (Fsp3) is 0.150. The maximum atomic E-state index is 12.6. The van der Waals surface area contributed by atoms with Gasteiger partial charge in [-0.15, -0.1) is 0 Å². The van der Waals surface area contributed by atoms with Crippen LogP contribution in [0.5, 0.6) is 0 Å². The maximum Gasteiger partial charge on any atom is 0.416 e. The third-order valence-electron chi connectivity index (χ3n) is 4.11. The number of carbonyl (C=O) groups is 1. The molecule has 5 nitrogen and oxygen atoms in total. The Kier molecular flexibility index (Phi) is 5.30. The Balaban J connectivity index is 1.76. The molecule has 2 aromatic carbocycles. The molecule has 1 amide bonds. The van der Waals surface area contributed by atoms with Gasteiger partial charge in [0.05, 0.1) is 5.56 Å². The van der Waals surface area contributed by atoms with Gasteiger partial charge in [-0.25, -0.2) is 4.98 Å². The third kappa shape index (κ3) is 4.46. The van der Waals surface area contributed by atoms with Crippen LogP contribution in [0.2, 0.25) is 0 Å². The second-order valence-corrected chi connectivity index (χ2v) is 6.17. The van der Waals surface area contributed by atoms with E-state index in [0.29, 0.717) is 11.1 Å². The van der Waals surface area contributed by atoms with Crippen molar-refractivity contribution in [2.24, 2.45) is 0 Å². The molecule has 0 radical (unpaired) electrons. The van der Waals surface area contributed by atoms with Crippen LogP contribution in [0.25, 0.3) is 11.4 Å². The lowest BCUT2D eigenvalue weighted by Gasteiger charge is -2.09. The van der Waals surface area contributed by atoms with Crippen molar-refractivity contribution >= 4 is 5.91 Å². The number of hydrogen-bond donors (Lipinski definition) is 2. The molecule has 0 aliphatic heterocycles. The van der Waals surface area contributed by atoms with Gasteiger partial charge in [0.1, 0.15) is 11.5 Å². The molecule has 28 heavy (non-hydrogen) atoms. The number of rotatable bonds is 4. The van der Waals surface area contributed by atoms with Crippen LogP contribution in [0.1, 0.15) is 27.2 Å². The van der Waals surface area contributed by atoms with E-state index < -0.39 is 23.2 Å². The number of nitrogens with zero attached hydrogens (tertiary/aromatic N) is 1. The highest BCUT2D eigenvalue weighted by Gasteiger charge is 2.29. The fourth-order valence-electron chi connectivity index (χ4n) is 2.62. The summed E-state index contributed by atoms with van der Waals surface area (Å²) in [6.07, 6.45) is -4.41. The van der Waals surface area contributed by atoms with Crippen molar-refractivity contribution < 1.29 is 18.0 Å². The molecule has 0 saturated heterocycles. The number of nitrogens with one attached hydrogen (secondary N) is 2. The molecule has 8 heteroatoms. The maximum absolute atomic E-state index is 12.6. The molecule has 0 bridgehead atoms. The van der Waals surface area contributed by atoms with Crippen LogP contribution in [0.3, 0.4) is 0 Å². The molecular formula is C20H16F3N3O2. The quantitative estimate of drug-likeness (QED) is 0.717. The lowest BCUT2D eigenvalue weighted by molar-refractivity contribution is -0.137. The zero-order valence-electron chi connectivity index (χ0n) is 14.8. The van der Waals surface area contributed by atoms with E-state index in [0.717, 1.165) is 23.8 Å². The Labute approximate surface area is 158 Å². The lowest BCUT2D eigenvalue weighted by atomic mass is 10.1. The van der Waals surface area contributed by atoms with Crippen LogP contribution < -0.4 is 10.9 Å². The summed E-state index contributed by atoms with van der Waals surface area (Å²) in [5, 5.41) is 2.56. The summed E-state index contributed by atoms with van der Waals surface area (Å²) in [6.45, 7) is 1.86. The van der Waals surface area contributed by atoms with Gasteiger partial charge in [-0.2, -0.15) is 13.2 Å². The Bertz CT molecular complexity index is 1060. The van der Waals surface area contributed by atoms with Gasteiger partial charge in [0.2, 0.25) is 0 Å². The molecule has 0 unspecified atom stereocenters. The fourth-order valence-corrected chi connectivity index (χ4v) is 2.62. The average Bonchev–Trinajstić information content (AvgIpc) is 2.65. The number of benzene rings is 2. The van der Waals surface area contributed by atoms with Crippen LogP contribution in [0.15, 0.2) is 59.4 Å². The first-order chi connectivity index (χ1) is 13.2. The summed E-state index contributed by atoms with van der Waals surface area (Å²) < 4.78 is 37.8. The number of carbonyl (C=O) groups excluding carboxylic acids is 1. The van der Waals surface area contributed by atoms with Gasteiger partial charge in [0.15, 0.2) is 0 Å². The highest BCUT2D eigenvalue weighted by molar-refractivity contribution is 5.92. The summed E-state index contributed by atoms with van der Waals surface area (Å²) in [4.78, 5) is 31.1. The molecule has 1 heterocycles. The monoisotopic (exact) mass is 387 g/mol. The standard InChI is InChI=1S/C20H16F3N3O2/c1-12-4-2-3-5-15(12)18-25-16(10-17(27)26-18)19(28)24-11-13-6-8-14(9-7-13)20(21,22)23/h2-10H,11H2,1H3,(H,24,28)(H,25,26,27). The van der Waals surface area contributed by atoms with E-state index in [2.05, 4.69) is 15.3 Å². The van der Waals surface area contributed by atoms with Crippen molar-refractivity contribution in [1.82, 2.24) is 15.3 Å². The zero-order chi connectivity index (χ0) is 20.3. The number of alkyl halides is 3. The first kappa shape index (κ1) is 19.3. The average molecular weight is 387 g/mol. The summed E-state index contributed by atoms with van der Waals surface area (Å²) in [6, 6.07) is 12.8. The minimum absolute atomic E-state index is 0.00511. The highest BCUT2D eigenvalue weighted by Crippen LogP contribution is 2.29. The van der Waals surface area contributed by atoms with E-state index >= 15 is 0 Å². The van der Waals surface area contributed by atoms with E-state index in [-0.39, 0.29) is 18.1 Å². The summed E-state index contributed by atoms with van der Waals surface area (Å²) in [5.74, 6) is -0.328. The van der Waals surface area contributed by atoms with E-state index in [9.17, 15) is 22.8 Å². The minimum Gasteiger partial charge on any atom is -0.347 e. The SMILES string of the molecule is Cc1ccccc1-c1nc(C(=O)NCc2ccc(C(F)(F)F)cc2)cc(=O)[nH]1. The smallest absolute Gasteiger partial charge is 0.347 e. The van der Waals surface area contributed by atoms with Crippen molar-refractivity contribution in [3.8, 4) is 11.4 Å². The van der Waals surface area contributed by atoms with Crippen molar-refractivity contribution in [2.45, 2.75) is 19.6 Å². The van der Waals surface area contributed by atoms with E-state index in [1.165, 1.54) is 12.1 Å². The molecule has 0 aliphatic rings. The normalized spacial score (nSPS) is 11.3.